The standard InChI is InChI=1S/C19H19N3O3S/c1-12-5-2-3-6-14(12)20-16(23)11-22-17(24)19(21-18(22)25)9-4-7-15-13(19)8-10-26-15/h2-3,5-6,8,10H,4,7,9,11H2,1H3,(H,20,23)(H,21,25)/t19-/m0/s1. The molecule has 1 aromatic heterocycles. The van der Waals surface area contributed by atoms with E-state index in [4.69, 9.17) is 0 Å². The maximum absolute atomic E-state index is 13.1. The highest BCUT2D eigenvalue weighted by Gasteiger charge is 2.54. The first kappa shape index (κ1) is 16.8. The molecule has 1 atom stereocenters. The minimum absolute atomic E-state index is 0.291. The summed E-state index contributed by atoms with van der Waals surface area (Å²) in [4.78, 5) is 40.1. The zero-order valence-corrected chi connectivity index (χ0v) is 15.2. The first-order valence-electron chi connectivity index (χ1n) is 8.58. The van der Waals surface area contributed by atoms with Gasteiger partial charge in [0.25, 0.3) is 5.91 Å². The van der Waals surface area contributed by atoms with Crippen molar-refractivity contribution < 1.29 is 14.4 Å². The lowest BCUT2D eigenvalue weighted by atomic mass is 9.80. The number of nitrogens with zero attached hydrogens (tertiary/aromatic N) is 1. The van der Waals surface area contributed by atoms with E-state index in [2.05, 4.69) is 10.6 Å². The number of anilines is 1. The summed E-state index contributed by atoms with van der Waals surface area (Å²) in [5, 5.41) is 7.58. The van der Waals surface area contributed by atoms with E-state index in [0.29, 0.717) is 12.1 Å². The summed E-state index contributed by atoms with van der Waals surface area (Å²) >= 11 is 1.61. The van der Waals surface area contributed by atoms with Crippen molar-refractivity contribution in [1.82, 2.24) is 10.2 Å². The van der Waals surface area contributed by atoms with Crippen LogP contribution in [0.2, 0.25) is 0 Å². The number of rotatable bonds is 3. The van der Waals surface area contributed by atoms with Crippen molar-refractivity contribution in [3.8, 4) is 0 Å². The van der Waals surface area contributed by atoms with Crippen LogP contribution in [0.25, 0.3) is 0 Å². The third-order valence-corrected chi connectivity index (χ3v) is 6.04. The molecule has 0 bridgehead atoms. The van der Waals surface area contributed by atoms with Crippen LogP contribution in [0, 0.1) is 6.92 Å². The quantitative estimate of drug-likeness (QED) is 0.817. The summed E-state index contributed by atoms with van der Waals surface area (Å²) in [5.74, 6) is -0.719. The predicted octanol–water partition coefficient (Wildman–Crippen LogP) is 2.78. The molecule has 4 rings (SSSR count). The molecule has 2 N–H and O–H groups in total. The smallest absolute Gasteiger partial charge is 0.324 e. The Morgan fingerprint density at radius 1 is 1.31 bits per heavy atom. The van der Waals surface area contributed by atoms with Crippen LogP contribution >= 0.6 is 11.3 Å². The summed E-state index contributed by atoms with van der Waals surface area (Å²) in [6.45, 7) is 1.60. The Kier molecular flexibility index (Phi) is 4.03. The van der Waals surface area contributed by atoms with Gasteiger partial charge in [0.05, 0.1) is 0 Å². The molecular weight excluding hydrogens is 350 g/mol. The van der Waals surface area contributed by atoms with Crippen molar-refractivity contribution in [1.29, 1.82) is 0 Å². The second-order valence-corrected chi connectivity index (χ2v) is 7.70. The number of hydrogen-bond acceptors (Lipinski definition) is 4. The molecule has 0 saturated carbocycles. The van der Waals surface area contributed by atoms with E-state index in [1.807, 2.05) is 36.6 Å². The van der Waals surface area contributed by atoms with Gasteiger partial charge in [0, 0.05) is 16.1 Å². The van der Waals surface area contributed by atoms with E-state index in [-0.39, 0.29) is 18.4 Å². The van der Waals surface area contributed by atoms with Crippen LogP contribution in [0.4, 0.5) is 10.5 Å². The zero-order chi connectivity index (χ0) is 18.3. The van der Waals surface area contributed by atoms with Crippen LogP contribution in [-0.4, -0.2) is 29.3 Å². The highest BCUT2D eigenvalue weighted by molar-refractivity contribution is 7.10. The van der Waals surface area contributed by atoms with Crippen molar-refractivity contribution >= 4 is 34.9 Å². The molecule has 1 aromatic carbocycles. The highest BCUT2D eigenvalue weighted by atomic mass is 32.1. The van der Waals surface area contributed by atoms with Crippen LogP contribution in [0.3, 0.4) is 0 Å². The maximum Gasteiger partial charge on any atom is 0.325 e. The van der Waals surface area contributed by atoms with Gasteiger partial charge in [-0.3, -0.25) is 14.5 Å². The number of fused-ring (bicyclic) bond motifs is 2. The summed E-state index contributed by atoms with van der Waals surface area (Å²) in [6, 6.07) is 8.79. The molecule has 0 radical (unpaired) electrons. The third-order valence-electron chi connectivity index (χ3n) is 5.06. The minimum atomic E-state index is -1.01. The van der Waals surface area contributed by atoms with Gasteiger partial charge < -0.3 is 10.6 Å². The van der Waals surface area contributed by atoms with Gasteiger partial charge in [0.2, 0.25) is 5.91 Å². The third kappa shape index (κ3) is 2.59. The number of para-hydroxylation sites is 1. The molecule has 7 heteroatoms. The Labute approximate surface area is 155 Å². The van der Waals surface area contributed by atoms with Crippen LogP contribution in [0.15, 0.2) is 35.7 Å². The molecule has 6 nitrogen and oxygen atoms in total. The predicted molar refractivity (Wildman–Crippen MR) is 99.0 cm³/mol. The Bertz CT molecular complexity index is 907. The zero-order valence-electron chi connectivity index (χ0n) is 14.4. The van der Waals surface area contributed by atoms with Crippen LogP contribution in [0.5, 0.6) is 0 Å². The first-order valence-corrected chi connectivity index (χ1v) is 9.46. The van der Waals surface area contributed by atoms with Gasteiger partial charge in [-0.05, 0) is 49.3 Å². The number of hydrogen-bond donors (Lipinski definition) is 2. The fourth-order valence-electron chi connectivity index (χ4n) is 3.73. The summed E-state index contributed by atoms with van der Waals surface area (Å²) in [7, 11) is 0. The van der Waals surface area contributed by atoms with E-state index in [1.54, 1.807) is 17.4 Å². The molecule has 1 spiro atoms. The van der Waals surface area contributed by atoms with E-state index in [1.165, 1.54) is 0 Å². The maximum atomic E-state index is 13.1. The fourth-order valence-corrected chi connectivity index (χ4v) is 4.73. The number of benzene rings is 1. The second kappa shape index (κ2) is 6.25. The van der Waals surface area contributed by atoms with E-state index in [0.717, 1.165) is 33.7 Å². The van der Waals surface area contributed by atoms with E-state index < -0.39 is 11.6 Å². The van der Waals surface area contributed by atoms with Crippen molar-refractivity contribution in [2.24, 2.45) is 0 Å². The van der Waals surface area contributed by atoms with Gasteiger partial charge in [-0.25, -0.2) is 4.79 Å². The Hall–Kier alpha value is -2.67. The number of carbonyl (C=O) groups is 3. The first-order chi connectivity index (χ1) is 12.5. The molecule has 0 unspecified atom stereocenters. The minimum Gasteiger partial charge on any atom is -0.324 e. The van der Waals surface area contributed by atoms with Gasteiger partial charge in [0.15, 0.2) is 0 Å². The summed E-state index contributed by atoms with van der Waals surface area (Å²) in [6.07, 6.45) is 2.33. The molecule has 134 valence electrons. The SMILES string of the molecule is Cc1ccccc1NC(=O)CN1C(=O)N[C@]2(CCCc3sccc32)C1=O. The average Bonchev–Trinajstić information content (AvgIpc) is 3.18. The lowest BCUT2D eigenvalue weighted by Gasteiger charge is -2.31. The lowest BCUT2D eigenvalue weighted by Crippen LogP contribution is -2.46. The van der Waals surface area contributed by atoms with Crippen LogP contribution in [0.1, 0.15) is 28.8 Å². The number of aryl methyl sites for hydroxylation is 2. The molecule has 2 aromatic rings. The topological polar surface area (TPSA) is 78.5 Å². The average molecular weight is 369 g/mol. The lowest BCUT2D eigenvalue weighted by molar-refractivity contribution is -0.134. The largest absolute Gasteiger partial charge is 0.325 e. The number of thiophene rings is 1. The van der Waals surface area contributed by atoms with Crippen LogP contribution in [-0.2, 0) is 21.5 Å². The number of imide groups is 1. The Morgan fingerprint density at radius 2 is 2.12 bits per heavy atom. The summed E-state index contributed by atoms with van der Waals surface area (Å²) in [5.41, 5.74) is 1.48. The normalized spacial score (nSPS) is 21.7. The molecule has 1 aliphatic carbocycles. The molecule has 4 amide bonds. The van der Waals surface area contributed by atoms with E-state index in [9.17, 15) is 14.4 Å². The van der Waals surface area contributed by atoms with Gasteiger partial charge >= 0.3 is 6.03 Å². The van der Waals surface area contributed by atoms with Gasteiger partial charge in [0.1, 0.15) is 12.1 Å². The molecule has 26 heavy (non-hydrogen) atoms. The van der Waals surface area contributed by atoms with Crippen molar-refractivity contribution in [2.45, 2.75) is 31.7 Å². The second-order valence-electron chi connectivity index (χ2n) is 6.70. The molecule has 2 aliphatic rings. The molecule has 2 heterocycles. The number of amides is 4. The van der Waals surface area contributed by atoms with Crippen molar-refractivity contribution in [3.63, 3.8) is 0 Å². The highest BCUT2D eigenvalue weighted by Crippen LogP contribution is 2.42. The van der Waals surface area contributed by atoms with Gasteiger partial charge in [-0.15, -0.1) is 11.3 Å². The molecular formula is C19H19N3O3S. The molecule has 1 fully saturated rings. The van der Waals surface area contributed by atoms with Crippen molar-refractivity contribution in [3.05, 3.63) is 51.7 Å². The number of nitrogens with one attached hydrogen (secondary N) is 2. The van der Waals surface area contributed by atoms with Gasteiger partial charge in [-0.2, -0.15) is 0 Å². The fraction of sp³-hybridized carbons (Fsp3) is 0.316. The van der Waals surface area contributed by atoms with Crippen LogP contribution < -0.4 is 10.6 Å². The summed E-state index contributed by atoms with van der Waals surface area (Å²) < 4.78 is 0. The molecule has 1 saturated heterocycles. The number of carbonyl (C=O) groups excluding carboxylic acids is 3. The Morgan fingerprint density at radius 3 is 2.92 bits per heavy atom. The van der Waals surface area contributed by atoms with E-state index >= 15 is 0 Å². The number of urea groups is 1. The monoisotopic (exact) mass is 369 g/mol. The molecule has 1 aliphatic heterocycles. The van der Waals surface area contributed by atoms with Crippen molar-refractivity contribution in [2.75, 3.05) is 11.9 Å². The van der Waals surface area contributed by atoms with Gasteiger partial charge in [-0.1, -0.05) is 18.2 Å². The Balaban J connectivity index is 1.54.